The topological polar surface area (TPSA) is 186 Å². The Labute approximate surface area is 91.0 Å². The van der Waals surface area contributed by atoms with Gasteiger partial charge in [-0.25, -0.2) is 4.79 Å². The Morgan fingerprint density at radius 2 is 1.14 bits per heavy atom. The summed E-state index contributed by atoms with van der Waals surface area (Å²) in [6.45, 7) is 0. The first-order valence-electron chi connectivity index (χ1n) is 2.25. The summed E-state index contributed by atoms with van der Waals surface area (Å²) in [7, 11) is 0. The molecule has 0 aromatic rings. The fourth-order valence-electron chi connectivity index (χ4n) is 0.157. The van der Waals surface area contributed by atoms with Crippen LogP contribution < -0.4 is 16.4 Å². The van der Waals surface area contributed by atoms with Crippen LogP contribution in [0.4, 0.5) is 14.4 Å². The molecule has 0 amide bonds. The third-order valence-electron chi connectivity index (χ3n) is 0.333. The van der Waals surface area contributed by atoms with Crippen molar-refractivity contribution in [1.29, 1.82) is 0 Å². The van der Waals surface area contributed by atoms with Crippen molar-refractivity contribution < 1.29 is 66.4 Å². The normalized spacial score (nSPS) is 6.29. The van der Waals surface area contributed by atoms with E-state index < -0.39 is 46.3 Å². The van der Waals surface area contributed by atoms with Crippen LogP contribution in [0.3, 0.4) is 0 Å². The van der Waals surface area contributed by atoms with Crippen LogP contribution in [0.25, 0.3) is 0 Å². The second-order valence-corrected chi connectivity index (χ2v) is 1.73. The summed E-state index contributed by atoms with van der Waals surface area (Å²) in [6.07, 6.45) is -6.32. The van der Waals surface area contributed by atoms with E-state index in [4.69, 9.17) is 4.47 Å². The van der Waals surface area contributed by atoms with E-state index in [0.29, 0.717) is 0 Å². The van der Waals surface area contributed by atoms with E-state index in [9.17, 15) is 24.6 Å². The molecule has 0 unspecified atom stereocenters. The van der Waals surface area contributed by atoms with Crippen LogP contribution >= 0.6 is 0 Å². The van der Waals surface area contributed by atoms with Crippen molar-refractivity contribution in [3.63, 3.8) is 0 Å². The number of ether oxygens (including phenoxy) is 2. The van der Waals surface area contributed by atoms with Crippen molar-refractivity contribution in [3.8, 4) is 0 Å². The third kappa shape index (κ3) is 22.4. The molecular formula is C3H4NO9U+. The number of hydrogen-bond donors (Lipinski definition) is 1. The molecule has 10 nitrogen and oxygen atoms in total. The average Bonchev–Trinajstić information content (AvgIpc) is 1.83. The van der Waals surface area contributed by atoms with E-state index in [1.165, 1.54) is 0 Å². The molecule has 0 aliphatic heterocycles. The molecule has 0 saturated carbocycles. The first kappa shape index (κ1) is 18.6. The summed E-state index contributed by atoms with van der Waals surface area (Å²) < 4.78 is 23.3. The van der Waals surface area contributed by atoms with Gasteiger partial charge < -0.3 is 35.4 Å². The van der Waals surface area contributed by atoms with E-state index in [1.54, 1.807) is 0 Å². The fourth-order valence-corrected chi connectivity index (χ4v) is 0.157. The summed E-state index contributed by atoms with van der Waals surface area (Å²) in [6, 6.07) is 0. The Morgan fingerprint density at radius 3 is 1.29 bits per heavy atom. The molecule has 0 radical (unpaired) electrons. The fraction of sp³-hybridized carbons (Fsp3) is 0. The molecule has 0 aliphatic carbocycles. The number of quaternary nitrogens is 1. The third-order valence-corrected chi connectivity index (χ3v) is 0.333. The van der Waals surface area contributed by atoms with Gasteiger partial charge in [-0.3, -0.25) is 0 Å². The predicted molar refractivity (Wildman–Crippen MR) is 25.7 cm³/mol. The first-order valence-corrected chi connectivity index (χ1v) is 5.65. The standard InChI is InChI=1S/C3H2O7.H3N.2O.U/c4-1(5)9-3(8)10-2(6)7;;;;/h(H,4,5)(H,6,7);1H3;;;/q;;;;+2/p-1. The van der Waals surface area contributed by atoms with Crippen molar-refractivity contribution in [2.75, 3.05) is 0 Å². The maximum atomic E-state index is 9.78. The molecule has 0 aromatic carbocycles. The van der Waals surface area contributed by atoms with Crippen molar-refractivity contribution in [2.45, 2.75) is 0 Å². The molecular weight excluding hydrogens is 432 g/mol. The second kappa shape index (κ2) is 11.8. The molecule has 0 bridgehead atoms. The van der Waals surface area contributed by atoms with Crippen LogP contribution in [0.5, 0.6) is 0 Å². The Kier molecular flexibility index (Phi) is 15.7. The zero-order valence-electron chi connectivity index (χ0n) is 6.67. The summed E-state index contributed by atoms with van der Waals surface area (Å²) in [4.78, 5) is 28.5. The molecule has 0 aliphatic rings. The Hall–Kier alpha value is -1.18. The van der Waals surface area contributed by atoms with Crippen molar-refractivity contribution >= 4 is 18.5 Å². The van der Waals surface area contributed by atoms with Gasteiger partial charge in [0.25, 0.3) is 12.3 Å². The van der Waals surface area contributed by atoms with Gasteiger partial charge in [0, 0.05) is 0 Å². The van der Waals surface area contributed by atoms with E-state index in [0.717, 1.165) is 0 Å². The zero-order valence-corrected chi connectivity index (χ0v) is 10.8. The predicted octanol–water partition coefficient (Wildman–Crippen LogP) is -2.04. The SMILES string of the molecule is O=C([O-])OC(=O)OC(=O)[O-].[NH4+].[O]=[U+2]=[O]. The Bertz CT molecular complexity index is 224. The Balaban J connectivity index is -0.000000267. The summed E-state index contributed by atoms with van der Waals surface area (Å²) >= 11 is -2.51. The average molecular weight is 436 g/mol. The molecule has 0 aromatic heterocycles. The molecule has 0 saturated heterocycles. The Morgan fingerprint density at radius 1 is 0.929 bits per heavy atom. The summed E-state index contributed by atoms with van der Waals surface area (Å²) in [5.74, 6) is 0. The molecule has 4 N–H and O–H groups in total. The van der Waals surface area contributed by atoms with Gasteiger partial charge in [0.15, 0.2) is 0 Å². The molecule has 0 atom stereocenters. The molecule has 0 spiro atoms. The quantitative estimate of drug-likeness (QED) is 0.330. The maximum absolute atomic E-state index is 9.78. The van der Waals surface area contributed by atoms with Crippen LogP contribution in [-0.2, 0) is 13.9 Å². The van der Waals surface area contributed by atoms with E-state index in [-0.39, 0.29) is 6.15 Å². The van der Waals surface area contributed by atoms with Crippen LogP contribution in [0, 0.1) is 27.8 Å². The van der Waals surface area contributed by atoms with Gasteiger partial charge in [-0.2, -0.15) is 0 Å². The van der Waals surface area contributed by atoms with Gasteiger partial charge in [0.05, 0.1) is 0 Å². The summed E-state index contributed by atoms with van der Waals surface area (Å²) in [5.41, 5.74) is 0. The molecule has 0 heterocycles. The number of carboxylic acid groups (broad SMARTS) is 2. The minimum absolute atomic E-state index is 0. The second-order valence-electron chi connectivity index (χ2n) is 1.04. The van der Waals surface area contributed by atoms with E-state index >= 15 is 0 Å². The van der Waals surface area contributed by atoms with E-state index in [2.05, 4.69) is 9.47 Å². The van der Waals surface area contributed by atoms with Crippen LogP contribution in [0.1, 0.15) is 0 Å². The van der Waals surface area contributed by atoms with Gasteiger partial charge in [0.2, 0.25) is 0 Å². The van der Waals surface area contributed by atoms with Crippen LogP contribution in [-0.4, -0.2) is 18.5 Å². The van der Waals surface area contributed by atoms with Crippen molar-refractivity contribution in [1.82, 2.24) is 6.15 Å². The number of hydrogen-bond acceptors (Lipinski definition) is 9. The van der Waals surface area contributed by atoms with Gasteiger partial charge in [-0.15, -0.1) is 0 Å². The van der Waals surface area contributed by atoms with Gasteiger partial charge in [0.1, 0.15) is 0 Å². The van der Waals surface area contributed by atoms with Gasteiger partial charge in [-0.05, 0) is 0 Å². The van der Waals surface area contributed by atoms with Crippen molar-refractivity contribution in [3.05, 3.63) is 0 Å². The molecule has 0 fully saturated rings. The number of carbonyl (C=O) groups is 3. The van der Waals surface area contributed by atoms with Crippen LogP contribution in [0.15, 0.2) is 0 Å². The molecule has 0 rings (SSSR count). The molecule has 14 heavy (non-hydrogen) atoms. The van der Waals surface area contributed by atoms with E-state index in [1.807, 2.05) is 0 Å². The first-order chi connectivity index (χ1) is 5.93. The molecule has 11 heteroatoms. The minimum atomic E-state index is -2.51. The zero-order chi connectivity index (χ0) is 10.9. The molecule has 78 valence electrons. The van der Waals surface area contributed by atoms with Crippen molar-refractivity contribution in [2.24, 2.45) is 0 Å². The van der Waals surface area contributed by atoms with Gasteiger partial charge >= 0.3 is 38.4 Å². The monoisotopic (exact) mass is 436 g/mol. The number of carbonyl (C=O) groups excluding carboxylic acids is 3. The number of rotatable bonds is 0. The van der Waals surface area contributed by atoms with Gasteiger partial charge in [-0.1, -0.05) is 0 Å². The van der Waals surface area contributed by atoms with Crippen LogP contribution in [0.2, 0.25) is 0 Å². The summed E-state index contributed by atoms with van der Waals surface area (Å²) in [5, 5.41) is 18.7.